The molecule has 148 valence electrons. The highest BCUT2D eigenvalue weighted by Crippen LogP contribution is 2.23. The summed E-state index contributed by atoms with van der Waals surface area (Å²) in [7, 11) is 0. The van der Waals surface area contributed by atoms with Crippen molar-refractivity contribution in [1.82, 2.24) is 29.4 Å². The van der Waals surface area contributed by atoms with Crippen LogP contribution in [0.3, 0.4) is 0 Å². The lowest BCUT2D eigenvalue weighted by Gasteiger charge is -2.11. The van der Waals surface area contributed by atoms with E-state index in [1.807, 2.05) is 62.7 Å². The quantitative estimate of drug-likeness (QED) is 0.566. The Bertz CT molecular complexity index is 1190. The molecule has 1 aromatic carbocycles. The number of carbonyl (C=O) groups excluding carboxylic acids is 1. The molecule has 3 aromatic heterocycles. The van der Waals surface area contributed by atoms with Crippen LogP contribution < -0.4 is 5.32 Å². The van der Waals surface area contributed by atoms with Gasteiger partial charge in [-0.05, 0) is 51.8 Å². The van der Waals surface area contributed by atoms with E-state index < -0.39 is 0 Å². The fraction of sp³-hybridized carbons (Fsp3) is 0.286. The Morgan fingerprint density at radius 2 is 1.79 bits per heavy atom. The van der Waals surface area contributed by atoms with E-state index in [2.05, 4.69) is 25.5 Å². The van der Waals surface area contributed by atoms with Crippen LogP contribution in [0.25, 0.3) is 11.5 Å². The third-order valence-corrected chi connectivity index (χ3v) is 5.15. The van der Waals surface area contributed by atoms with Crippen molar-refractivity contribution in [3.05, 3.63) is 65.0 Å². The standard InChI is InChI=1S/C21H23N7O/c1-13-18(15(3)28-21(24-13)22-12-23-28)10-11-19(29)25-20-14(2)26-27(16(20)4)17-8-6-5-7-9-17/h5-9,12H,10-11H2,1-4H3,(H,25,29). The largest absolute Gasteiger partial charge is 0.323 e. The van der Waals surface area contributed by atoms with Crippen molar-refractivity contribution in [2.45, 2.75) is 40.5 Å². The maximum absolute atomic E-state index is 12.7. The van der Waals surface area contributed by atoms with Gasteiger partial charge in [0.2, 0.25) is 5.91 Å². The average Bonchev–Trinajstić information content (AvgIpc) is 3.28. The van der Waals surface area contributed by atoms with E-state index in [-0.39, 0.29) is 5.91 Å². The van der Waals surface area contributed by atoms with Gasteiger partial charge in [0.05, 0.1) is 22.8 Å². The number of fused-ring (bicyclic) bond motifs is 1. The molecule has 0 bridgehead atoms. The third kappa shape index (κ3) is 3.49. The van der Waals surface area contributed by atoms with E-state index in [4.69, 9.17) is 0 Å². The zero-order valence-corrected chi connectivity index (χ0v) is 17.0. The number of anilines is 1. The van der Waals surface area contributed by atoms with Crippen LogP contribution in [-0.4, -0.2) is 35.3 Å². The molecule has 8 nitrogen and oxygen atoms in total. The van der Waals surface area contributed by atoms with Gasteiger partial charge in [-0.15, -0.1) is 0 Å². The number of rotatable bonds is 5. The van der Waals surface area contributed by atoms with Crippen molar-refractivity contribution < 1.29 is 4.79 Å². The summed E-state index contributed by atoms with van der Waals surface area (Å²) in [5.74, 6) is 0.522. The number of hydrogen-bond donors (Lipinski definition) is 1. The molecular formula is C21H23N7O. The second-order valence-corrected chi connectivity index (χ2v) is 7.07. The first kappa shape index (κ1) is 18.8. The van der Waals surface area contributed by atoms with E-state index in [0.29, 0.717) is 18.6 Å². The normalized spacial score (nSPS) is 11.2. The molecule has 0 spiro atoms. The number of carbonyl (C=O) groups is 1. The van der Waals surface area contributed by atoms with Crippen molar-refractivity contribution >= 4 is 17.4 Å². The molecule has 4 rings (SSSR count). The van der Waals surface area contributed by atoms with Crippen LogP contribution in [0.1, 0.15) is 34.8 Å². The molecule has 0 saturated carbocycles. The van der Waals surface area contributed by atoms with Crippen molar-refractivity contribution in [3.8, 4) is 5.69 Å². The molecule has 0 aliphatic rings. The summed E-state index contributed by atoms with van der Waals surface area (Å²) in [4.78, 5) is 21.3. The van der Waals surface area contributed by atoms with Gasteiger partial charge < -0.3 is 5.32 Å². The van der Waals surface area contributed by atoms with Crippen LogP contribution in [0, 0.1) is 27.7 Å². The monoisotopic (exact) mass is 389 g/mol. The van der Waals surface area contributed by atoms with Gasteiger partial charge in [0.15, 0.2) is 0 Å². The van der Waals surface area contributed by atoms with E-state index in [0.717, 1.165) is 39.7 Å². The summed E-state index contributed by atoms with van der Waals surface area (Å²) in [6, 6.07) is 9.88. The second-order valence-electron chi connectivity index (χ2n) is 7.07. The maximum Gasteiger partial charge on any atom is 0.252 e. The fourth-order valence-corrected chi connectivity index (χ4v) is 3.60. The molecule has 0 aliphatic carbocycles. The van der Waals surface area contributed by atoms with Crippen LogP contribution in [0.15, 0.2) is 36.7 Å². The first-order valence-electron chi connectivity index (χ1n) is 9.53. The summed E-state index contributed by atoms with van der Waals surface area (Å²) < 4.78 is 3.56. The highest BCUT2D eigenvalue weighted by Gasteiger charge is 2.17. The zero-order valence-electron chi connectivity index (χ0n) is 17.0. The number of amides is 1. The van der Waals surface area contributed by atoms with Gasteiger partial charge in [0, 0.05) is 17.8 Å². The smallest absolute Gasteiger partial charge is 0.252 e. The average molecular weight is 389 g/mol. The summed E-state index contributed by atoms with van der Waals surface area (Å²) >= 11 is 0. The number of aryl methyl sites for hydroxylation is 3. The molecule has 4 aromatic rings. The highest BCUT2D eigenvalue weighted by atomic mass is 16.1. The van der Waals surface area contributed by atoms with Crippen molar-refractivity contribution in [3.63, 3.8) is 0 Å². The lowest BCUT2D eigenvalue weighted by atomic mass is 10.1. The second kappa shape index (κ2) is 7.46. The van der Waals surface area contributed by atoms with Crippen LogP contribution >= 0.6 is 0 Å². The zero-order chi connectivity index (χ0) is 20.5. The molecular weight excluding hydrogens is 366 g/mol. The highest BCUT2D eigenvalue weighted by molar-refractivity contribution is 5.92. The van der Waals surface area contributed by atoms with E-state index in [1.54, 1.807) is 4.52 Å². The predicted octanol–water partition coefficient (Wildman–Crippen LogP) is 3.11. The van der Waals surface area contributed by atoms with Gasteiger partial charge >= 0.3 is 0 Å². The molecule has 0 saturated heterocycles. The minimum Gasteiger partial charge on any atom is -0.323 e. The lowest BCUT2D eigenvalue weighted by molar-refractivity contribution is -0.116. The minimum absolute atomic E-state index is 0.0544. The van der Waals surface area contributed by atoms with E-state index in [9.17, 15) is 4.79 Å². The van der Waals surface area contributed by atoms with Crippen LogP contribution in [0.2, 0.25) is 0 Å². The molecule has 0 atom stereocenters. The Morgan fingerprint density at radius 3 is 2.55 bits per heavy atom. The van der Waals surface area contributed by atoms with Crippen LogP contribution in [0.4, 0.5) is 5.69 Å². The number of para-hydroxylation sites is 1. The summed E-state index contributed by atoms with van der Waals surface area (Å²) in [5, 5.41) is 11.8. The number of hydrogen-bond acceptors (Lipinski definition) is 5. The first-order chi connectivity index (χ1) is 14.0. The Morgan fingerprint density at radius 1 is 1.03 bits per heavy atom. The Hall–Kier alpha value is -3.55. The topological polar surface area (TPSA) is 90.0 Å². The minimum atomic E-state index is -0.0544. The van der Waals surface area contributed by atoms with Crippen LogP contribution in [0.5, 0.6) is 0 Å². The molecule has 0 radical (unpaired) electrons. The summed E-state index contributed by atoms with van der Waals surface area (Å²) in [6.07, 6.45) is 2.41. The Balaban J connectivity index is 1.51. The summed E-state index contributed by atoms with van der Waals surface area (Å²) in [6.45, 7) is 7.77. The van der Waals surface area contributed by atoms with E-state index in [1.165, 1.54) is 6.33 Å². The predicted molar refractivity (Wildman–Crippen MR) is 110 cm³/mol. The van der Waals surface area contributed by atoms with E-state index >= 15 is 0 Å². The lowest BCUT2D eigenvalue weighted by Crippen LogP contribution is -2.15. The molecule has 8 heteroatoms. The Kier molecular flexibility index (Phi) is 4.84. The number of aromatic nitrogens is 6. The molecule has 1 N–H and O–H groups in total. The van der Waals surface area contributed by atoms with Crippen molar-refractivity contribution in [2.24, 2.45) is 0 Å². The third-order valence-electron chi connectivity index (χ3n) is 5.15. The first-order valence-corrected chi connectivity index (χ1v) is 9.53. The maximum atomic E-state index is 12.7. The van der Waals surface area contributed by atoms with Crippen LogP contribution in [-0.2, 0) is 11.2 Å². The van der Waals surface area contributed by atoms with Crippen molar-refractivity contribution in [2.75, 3.05) is 5.32 Å². The number of nitrogens with zero attached hydrogens (tertiary/aromatic N) is 6. The number of nitrogens with one attached hydrogen (secondary N) is 1. The molecule has 29 heavy (non-hydrogen) atoms. The molecule has 0 aliphatic heterocycles. The fourth-order valence-electron chi connectivity index (χ4n) is 3.60. The molecule has 0 fully saturated rings. The molecule has 0 unspecified atom stereocenters. The van der Waals surface area contributed by atoms with Gasteiger partial charge in [0.25, 0.3) is 5.78 Å². The number of benzene rings is 1. The van der Waals surface area contributed by atoms with Gasteiger partial charge in [-0.25, -0.2) is 14.2 Å². The van der Waals surface area contributed by atoms with Gasteiger partial charge in [-0.3, -0.25) is 4.79 Å². The SMILES string of the molecule is Cc1nc2ncnn2c(C)c1CCC(=O)Nc1c(C)nn(-c2ccccc2)c1C. The molecule has 3 heterocycles. The van der Waals surface area contributed by atoms with Gasteiger partial charge in [-0.2, -0.15) is 15.2 Å². The summed E-state index contributed by atoms with van der Waals surface area (Å²) in [5.41, 5.74) is 6.27. The van der Waals surface area contributed by atoms with Crippen molar-refractivity contribution in [1.29, 1.82) is 0 Å². The Labute approximate surface area is 168 Å². The van der Waals surface area contributed by atoms with Gasteiger partial charge in [-0.1, -0.05) is 18.2 Å². The molecule has 1 amide bonds. The van der Waals surface area contributed by atoms with Gasteiger partial charge in [0.1, 0.15) is 6.33 Å².